The Morgan fingerprint density at radius 3 is 2.95 bits per heavy atom. The number of thiazole rings is 1. The first-order valence-corrected chi connectivity index (χ1v) is 8.31. The van der Waals surface area contributed by atoms with E-state index in [1.807, 2.05) is 0 Å². The minimum absolute atomic E-state index is 0.235. The summed E-state index contributed by atoms with van der Waals surface area (Å²) in [6.07, 6.45) is 2.27. The highest BCUT2D eigenvalue weighted by Gasteiger charge is 2.24. The van der Waals surface area contributed by atoms with Gasteiger partial charge >= 0.3 is 0 Å². The predicted octanol–water partition coefficient (Wildman–Crippen LogP) is 3.97. The molecule has 1 aromatic heterocycles. The molecule has 3 rings (SSSR count). The first-order chi connectivity index (χ1) is 10.0. The van der Waals surface area contributed by atoms with Crippen LogP contribution in [-0.2, 0) is 0 Å². The van der Waals surface area contributed by atoms with Crippen LogP contribution in [-0.4, -0.2) is 16.9 Å². The number of rotatable bonds is 4. The molecule has 5 nitrogen and oxygen atoms in total. The highest BCUT2D eigenvalue weighted by Crippen LogP contribution is 2.33. The van der Waals surface area contributed by atoms with Gasteiger partial charge in [0.25, 0.3) is 5.91 Å². The van der Waals surface area contributed by atoms with Gasteiger partial charge in [0, 0.05) is 6.04 Å². The summed E-state index contributed by atoms with van der Waals surface area (Å²) in [5.74, 6) is -0.0596. The van der Waals surface area contributed by atoms with E-state index >= 15 is 0 Å². The number of halogens is 2. The van der Waals surface area contributed by atoms with E-state index in [0.717, 1.165) is 12.8 Å². The molecule has 0 spiro atoms. The number of nitrogens with one attached hydrogen (secondary N) is 2. The summed E-state index contributed by atoms with van der Waals surface area (Å²) in [7, 11) is 0. The number of carbonyl (C=O) groups excluding carboxylic acids is 1. The summed E-state index contributed by atoms with van der Waals surface area (Å²) in [5.41, 5.74) is 6.42. The molecule has 21 heavy (non-hydrogen) atoms. The van der Waals surface area contributed by atoms with Crippen LogP contribution in [0.2, 0.25) is 5.02 Å². The zero-order chi connectivity index (χ0) is 15.0. The molecule has 0 bridgehead atoms. The molecule has 1 aliphatic rings. The van der Waals surface area contributed by atoms with Crippen LogP contribution in [0.4, 0.5) is 16.6 Å². The van der Waals surface area contributed by atoms with Gasteiger partial charge in [0.15, 0.2) is 5.13 Å². The van der Waals surface area contributed by atoms with Crippen molar-refractivity contribution in [1.82, 2.24) is 4.98 Å². The van der Waals surface area contributed by atoms with Crippen molar-refractivity contribution in [2.75, 3.05) is 16.4 Å². The Morgan fingerprint density at radius 1 is 1.48 bits per heavy atom. The van der Waals surface area contributed by atoms with Crippen molar-refractivity contribution in [3.8, 4) is 0 Å². The smallest absolute Gasteiger partial charge is 0.269 e. The Kier molecular flexibility index (Phi) is 4.05. The molecule has 0 aliphatic heterocycles. The van der Waals surface area contributed by atoms with Crippen molar-refractivity contribution in [1.29, 1.82) is 0 Å². The molecule has 1 amide bonds. The van der Waals surface area contributed by atoms with E-state index in [9.17, 15) is 4.79 Å². The highest BCUT2D eigenvalue weighted by molar-refractivity contribution is 9.10. The largest absolute Gasteiger partial charge is 0.382 e. The Hall–Kier alpha value is -1.31. The topological polar surface area (TPSA) is 80.0 Å². The van der Waals surface area contributed by atoms with Crippen LogP contribution in [0, 0.1) is 0 Å². The summed E-state index contributed by atoms with van der Waals surface area (Å²) < 4.78 is 0.638. The van der Waals surface area contributed by atoms with Gasteiger partial charge in [-0.15, -0.1) is 0 Å². The molecule has 8 heteroatoms. The van der Waals surface area contributed by atoms with Crippen LogP contribution in [0.5, 0.6) is 0 Å². The fraction of sp³-hybridized carbons (Fsp3) is 0.231. The fourth-order valence-electron chi connectivity index (χ4n) is 1.74. The van der Waals surface area contributed by atoms with Gasteiger partial charge in [-0.2, -0.15) is 0 Å². The Labute approximate surface area is 139 Å². The summed E-state index contributed by atoms with van der Waals surface area (Å²) in [6.45, 7) is 0. The van der Waals surface area contributed by atoms with Gasteiger partial charge in [0.05, 0.1) is 15.2 Å². The van der Waals surface area contributed by atoms with Crippen LogP contribution in [0.3, 0.4) is 0 Å². The second-order valence-electron chi connectivity index (χ2n) is 4.71. The molecule has 0 radical (unpaired) electrons. The van der Waals surface area contributed by atoms with Crippen molar-refractivity contribution in [2.24, 2.45) is 0 Å². The second kappa shape index (κ2) is 5.82. The summed E-state index contributed by atoms with van der Waals surface area (Å²) >= 11 is 10.6. The molecule has 1 heterocycles. The van der Waals surface area contributed by atoms with Crippen LogP contribution >= 0.6 is 38.9 Å². The highest BCUT2D eigenvalue weighted by atomic mass is 79.9. The van der Waals surface area contributed by atoms with Gasteiger partial charge in [-0.3, -0.25) is 4.79 Å². The van der Waals surface area contributed by atoms with E-state index in [-0.39, 0.29) is 11.7 Å². The van der Waals surface area contributed by atoms with Crippen molar-refractivity contribution >= 4 is 61.4 Å². The minimum atomic E-state index is -0.295. The average Bonchev–Trinajstić information content (AvgIpc) is 3.17. The number of nitrogens with zero attached hydrogens (tertiary/aromatic N) is 1. The molecular weight excluding hydrogens is 376 g/mol. The lowest BCUT2D eigenvalue weighted by Gasteiger charge is -2.07. The predicted molar refractivity (Wildman–Crippen MR) is 90.3 cm³/mol. The van der Waals surface area contributed by atoms with E-state index in [1.54, 1.807) is 18.2 Å². The third kappa shape index (κ3) is 3.30. The number of aromatic nitrogens is 1. The number of amides is 1. The van der Waals surface area contributed by atoms with Crippen LogP contribution in [0.1, 0.15) is 22.5 Å². The van der Waals surface area contributed by atoms with Gasteiger partial charge in [-0.25, -0.2) is 4.98 Å². The summed E-state index contributed by atoms with van der Waals surface area (Å²) in [6, 6.07) is 5.72. The Morgan fingerprint density at radius 2 is 2.24 bits per heavy atom. The Balaban J connectivity index is 1.78. The van der Waals surface area contributed by atoms with Crippen molar-refractivity contribution in [2.45, 2.75) is 18.9 Å². The molecule has 1 saturated carbocycles. The van der Waals surface area contributed by atoms with Crippen LogP contribution in [0.15, 0.2) is 22.7 Å². The number of nitrogen functional groups attached to an aromatic ring is 1. The molecule has 0 unspecified atom stereocenters. The SMILES string of the molecule is Nc1nc(NC2CC2)sc1C(=O)Nc1cccc(Cl)c1Br. The quantitative estimate of drug-likeness (QED) is 0.741. The lowest BCUT2D eigenvalue weighted by Crippen LogP contribution is -2.12. The molecule has 1 aliphatic carbocycles. The minimum Gasteiger partial charge on any atom is -0.382 e. The van der Waals surface area contributed by atoms with E-state index in [4.69, 9.17) is 17.3 Å². The maximum absolute atomic E-state index is 12.3. The number of hydrogen-bond donors (Lipinski definition) is 3. The summed E-state index contributed by atoms with van der Waals surface area (Å²) in [5, 5.41) is 7.23. The lowest BCUT2D eigenvalue weighted by molar-refractivity contribution is 0.103. The molecule has 110 valence electrons. The van der Waals surface area contributed by atoms with Gasteiger partial charge in [0.2, 0.25) is 0 Å². The zero-order valence-corrected chi connectivity index (χ0v) is 14.0. The summed E-state index contributed by atoms with van der Waals surface area (Å²) in [4.78, 5) is 16.9. The normalized spacial score (nSPS) is 14.0. The van der Waals surface area contributed by atoms with Gasteiger partial charge in [0.1, 0.15) is 10.7 Å². The first kappa shape index (κ1) is 14.6. The van der Waals surface area contributed by atoms with E-state index in [2.05, 4.69) is 31.5 Å². The average molecular weight is 388 g/mol. The molecule has 2 aromatic rings. The lowest BCUT2D eigenvalue weighted by atomic mass is 10.3. The number of carbonyl (C=O) groups is 1. The monoisotopic (exact) mass is 386 g/mol. The standard InChI is InChI=1S/C13H12BrClN4OS/c14-9-7(15)2-1-3-8(9)18-12(20)10-11(16)19-13(21-10)17-6-4-5-6/h1-3,6H,4-5,16H2,(H,17,19)(H,18,20). The van der Waals surface area contributed by atoms with E-state index < -0.39 is 0 Å². The zero-order valence-electron chi connectivity index (χ0n) is 10.8. The Bertz CT molecular complexity index is 701. The van der Waals surface area contributed by atoms with Gasteiger partial charge in [-0.05, 0) is 40.9 Å². The maximum Gasteiger partial charge on any atom is 0.269 e. The molecule has 1 fully saturated rings. The van der Waals surface area contributed by atoms with E-state index in [1.165, 1.54) is 11.3 Å². The van der Waals surface area contributed by atoms with E-state index in [0.29, 0.717) is 31.2 Å². The molecule has 4 N–H and O–H groups in total. The third-order valence-electron chi connectivity index (χ3n) is 2.96. The molecule has 1 aromatic carbocycles. The third-order valence-corrected chi connectivity index (χ3v) is 5.36. The van der Waals surface area contributed by atoms with Crippen LogP contribution < -0.4 is 16.4 Å². The molecule has 0 saturated heterocycles. The fourth-order valence-corrected chi connectivity index (χ4v) is 3.13. The molecular formula is C13H12BrClN4OS. The van der Waals surface area contributed by atoms with Crippen molar-refractivity contribution in [3.63, 3.8) is 0 Å². The second-order valence-corrected chi connectivity index (χ2v) is 6.91. The first-order valence-electron chi connectivity index (χ1n) is 6.33. The van der Waals surface area contributed by atoms with Gasteiger partial charge in [-0.1, -0.05) is 29.0 Å². The maximum atomic E-state index is 12.3. The van der Waals surface area contributed by atoms with Crippen LogP contribution in [0.25, 0.3) is 0 Å². The number of hydrogen-bond acceptors (Lipinski definition) is 5. The number of nitrogens with two attached hydrogens (primary N) is 1. The number of benzene rings is 1. The van der Waals surface area contributed by atoms with Crippen molar-refractivity contribution in [3.05, 3.63) is 32.6 Å². The number of anilines is 3. The van der Waals surface area contributed by atoms with Crippen molar-refractivity contribution < 1.29 is 4.79 Å². The van der Waals surface area contributed by atoms with Gasteiger partial charge < -0.3 is 16.4 Å². The molecule has 0 atom stereocenters.